The smallest absolute Gasteiger partial charge is 0.164 e. The van der Waals surface area contributed by atoms with Gasteiger partial charge >= 0.3 is 0 Å². The highest BCUT2D eigenvalue weighted by Gasteiger charge is 2.32. The van der Waals surface area contributed by atoms with Crippen LogP contribution in [-0.2, 0) is 0 Å². The summed E-state index contributed by atoms with van der Waals surface area (Å²) < 4.78 is 0. The lowest BCUT2D eigenvalue weighted by atomic mass is 9.95. The normalized spacial score (nSPS) is 17.9. The van der Waals surface area contributed by atoms with Crippen LogP contribution in [0.25, 0.3) is 0 Å². The van der Waals surface area contributed by atoms with Crippen LogP contribution in [0.1, 0.15) is 372 Å². The molecule has 104 heavy (non-hydrogen) atoms. The zero-order valence-electron chi connectivity index (χ0n) is 69.4. The first kappa shape index (κ1) is 106. The van der Waals surface area contributed by atoms with Crippen molar-refractivity contribution in [3.8, 4) is 72.8 Å². The summed E-state index contributed by atoms with van der Waals surface area (Å²) in [5.74, 6) is 0. The molecule has 0 saturated carbocycles. The van der Waals surface area contributed by atoms with E-state index in [-0.39, 0.29) is 0 Å². The topological polar surface area (TPSA) is 434 Å². The van der Waals surface area contributed by atoms with Crippen molar-refractivity contribution in [2.45, 2.75) is 438 Å². The van der Waals surface area contributed by atoms with Gasteiger partial charge in [-0.1, -0.05) is 186 Å². The van der Waals surface area contributed by atoms with Crippen LogP contribution in [0.15, 0.2) is 61.4 Å². The molecule has 576 valence electrons. The minimum Gasteiger partial charge on any atom is -0.196 e. The largest absolute Gasteiger partial charge is 0.196 e. The van der Waals surface area contributed by atoms with Crippen molar-refractivity contribution in [1.29, 1.82) is 63.1 Å². The van der Waals surface area contributed by atoms with Crippen LogP contribution in [-0.4, -0.2) is 66.5 Å². The van der Waals surface area contributed by atoms with Gasteiger partial charge in [0.1, 0.15) is 0 Å². The lowest BCUT2D eigenvalue weighted by molar-refractivity contribution is 0.425. The van der Waals surface area contributed by atoms with Gasteiger partial charge in [-0.3, -0.25) is 0 Å². The van der Waals surface area contributed by atoms with Crippen LogP contribution in [0, 0.1) is 136 Å². The molecule has 0 bridgehead atoms. The maximum absolute atomic E-state index is 9.37. The predicted molar refractivity (Wildman–Crippen MR) is 413 cm³/mol. The Morgan fingerprint density at radius 1 is 0.154 bits per heavy atom. The van der Waals surface area contributed by atoms with Crippen molar-refractivity contribution >= 4 is 0 Å². The molecular weight excluding hydrogens is 1300 g/mol. The van der Waals surface area contributed by atoms with Gasteiger partial charge in [0, 0.05) is 0 Å². The van der Waals surface area contributed by atoms with Crippen LogP contribution < -0.4 is 0 Å². The first-order chi connectivity index (χ1) is 48.7. The summed E-state index contributed by atoms with van der Waals surface area (Å²) in [7, 11) is 0. The predicted octanol–water partition coefficient (Wildman–Crippen LogP) is 24.7. The fourth-order valence-electron chi connectivity index (χ4n) is 8.57. The highest BCUT2D eigenvalue weighted by Crippen LogP contribution is 2.30. The molecule has 12 unspecified atom stereocenters. The molecule has 0 spiro atoms. The number of azo groups is 6. The highest BCUT2D eigenvalue weighted by atomic mass is 15.2. The molecule has 0 heterocycles. The van der Waals surface area contributed by atoms with Gasteiger partial charge in [-0.25, -0.2) is 0 Å². The van der Waals surface area contributed by atoms with Crippen LogP contribution in [0.5, 0.6) is 0 Å². The van der Waals surface area contributed by atoms with E-state index in [4.69, 9.17) is 42.1 Å². The molecule has 0 aromatic rings. The summed E-state index contributed by atoms with van der Waals surface area (Å²) in [4.78, 5) is 0. The van der Waals surface area contributed by atoms with Crippen molar-refractivity contribution in [3.05, 3.63) is 0 Å². The Morgan fingerprint density at radius 2 is 0.269 bits per heavy atom. The van der Waals surface area contributed by atoms with Crippen molar-refractivity contribution in [1.82, 2.24) is 0 Å². The third-order valence-electron chi connectivity index (χ3n) is 17.6. The van der Waals surface area contributed by atoms with E-state index in [1.165, 1.54) is 51.4 Å². The lowest BCUT2D eigenvalue weighted by Crippen LogP contribution is -2.23. The second-order valence-electron chi connectivity index (χ2n) is 29.5. The van der Waals surface area contributed by atoms with Gasteiger partial charge in [0.2, 0.25) is 0 Å². The van der Waals surface area contributed by atoms with E-state index in [2.05, 4.69) is 162 Å². The monoisotopic (exact) mass is 1430 g/mol. The fraction of sp³-hybridized carbons (Fsp3) is 0.850. The number of nitrogens with zero attached hydrogens (tertiary/aromatic N) is 24. The Kier molecular flexibility index (Phi) is 59.2. The minimum atomic E-state index is -0.804. The average molecular weight is 1430 g/mol. The van der Waals surface area contributed by atoms with Crippen LogP contribution >= 0.6 is 0 Å². The molecule has 0 aliphatic heterocycles. The molecule has 12 atom stereocenters. The molecule has 0 aliphatic carbocycles. The molecule has 24 heteroatoms. The van der Waals surface area contributed by atoms with E-state index in [0.29, 0.717) is 77.0 Å². The van der Waals surface area contributed by atoms with E-state index in [9.17, 15) is 21.0 Å². The van der Waals surface area contributed by atoms with Gasteiger partial charge in [-0.05, 0) is 186 Å². The molecular formula is C80H136N24. The van der Waals surface area contributed by atoms with Crippen LogP contribution in [0.2, 0.25) is 0 Å². The van der Waals surface area contributed by atoms with E-state index in [1.54, 1.807) is 69.2 Å². The summed E-state index contributed by atoms with van der Waals surface area (Å²) in [6.07, 6.45) is 29.2. The Bertz CT molecular complexity index is 3010. The molecule has 0 aliphatic rings. The second kappa shape index (κ2) is 57.8. The molecule has 0 fully saturated rings. The molecule has 24 nitrogen and oxygen atoms in total. The van der Waals surface area contributed by atoms with E-state index >= 15 is 0 Å². The third-order valence-corrected chi connectivity index (χ3v) is 17.6. The van der Waals surface area contributed by atoms with Gasteiger partial charge in [0.05, 0.1) is 72.8 Å². The van der Waals surface area contributed by atoms with Crippen molar-refractivity contribution in [3.63, 3.8) is 0 Å². The van der Waals surface area contributed by atoms with Gasteiger partial charge in [-0.2, -0.15) is 125 Å². The first-order valence-electron chi connectivity index (χ1n) is 38.3. The maximum Gasteiger partial charge on any atom is 0.164 e. The van der Waals surface area contributed by atoms with Gasteiger partial charge in [0.25, 0.3) is 0 Å². The van der Waals surface area contributed by atoms with E-state index in [1.807, 2.05) is 69.2 Å². The summed E-state index contributed by atoms with van der Waals surface area (Å²) in [6, 6.07) is 25.9. The third kappa shape index (κ3) is 50.8. The van der Waals surface area contributed by atoms with Gasteiger partial charge in [0.15, 0.2) is 66.5 Å². The van der Waals surface area contributed by atoms with Gasteiger partial charge < -0.3 is 0 Å². The summed E-state index contributed by atoms with van der Waals surface area (Å²) in [5.41, 5.74) is -9.54. The fourth-order valence-corrected chi connectivity index (χ4v) is 8.57. The minimum absolute atomic E-state index is 0.595. The number of unbranched alkanes of at least 4 members (excludes halogenated alkanes) is 12. The standard InChI is InChI=1S/C18H32N4.C15H26N4.C14H24N4.C12H20N4.C11H18N4.C10H16N4/c1-5-7-9-11-13-17(3,15-19)21-22-18(4,16-20)14-12-10-8-6-2;1-5-7-8-9-11-15(4,13-17)19-18-14(3,12-16)10-6-2;1-5-7-8-9-10-14(4,12-16)18-17-13(3,6-2)11-15;1-5-7-11(3,9-13)15-16-12(4,10-14)8-6-2;1-5-7-11(4,9-13)15-14-10(3,6-2)8-12;1-5-9(3,7-11)13-14-10(4,6-2)8-12/h5-14H2,1-4H3;5-11H2,1-4H3;5-10H2,1-4H3;5-8H2,1-4H3;5-7H2,1-4H3;5-6H2,1-4H3. The highest BCUT2D eigenvalue weighted by molar-refractivity contribution is 5.12. The van der Waals surface area contributed by atoms with E-state index < -0.39 is 66.5 Å². The van der Waals surface area contributed by atoms with Crippen molar-refractivity contribution < 1.29 is 0 Å². The van der Waals surface area contributed by atoms with Gasteiger partial charge in [-0.15, -0.1) is 0 Å². The molecule has 0 rings (SSSR count). The zero-order valence-corrected chi connectivity index (χ0v) is 69.4. The summed E-state index contributed by atoms with van der Waals surface area (Å²) >= 11 is 0. The summed E-state index contributed by atoms with van der Waals surface area (Å²) in [5, 5.41) is 158. The first-order valence-corrected chi connectivity index (χ1v) is 38.3. The Balaban J connectivity index is -0.000000279. The molecule has 0 amide bonds. The SMILES string of the molecule is CCC(C)(C#N)N=NC(C)(C#N)CC.CCCC(C)(C#N)N=NC(C)(C#N)CC.CCCC(C)(C#N)N=NC(C)(C#N)CCC.CCCCCCC(C)(C#N)N=NC(C)(C#N)CC.CCCCCCC(C)(C#N)N=NC(C)(C#N)CCC.CCCCCCC(C)(C#N)N=NC(C)(C#N)CCCCCC. The lowest BCUT2D eigenvalue weighted by Gasteiger charge is -2.19. The average Bonchev–Trinajstić information content (AvgIpc) is 0.905. The summed E-state index contributed by atoms with van der Waals surface area (Å²) in [6.45, 7) is 45.3. The number of nitriles is 12. The number of hydrogen-bond donors (Lipinski definition) is 0. The molecule has 0 aromatic heterocycles. The second-order valence-corrected chi connectivity index (χ2v) is 29.5. The van der Waals surface area contributed by atoms with Crippen molar-refractivity contribution in [2.75, 3.05) is 0 Å². The Labute approximate surface area is 632 Å². The van der Waals surface area contributed by atoms with Crippen LogP contribution in [0.3, 0.4) is 0 Å². The number of rotatable bonds is 44. The quantitative estimate of drug-likeness (QED) is 0.0406. The molecule has 0 radical (unpaired) electrons. The molecule has 0 N–H and O–H groups in total. The maximum atomic E-state index is 9.37. The van der Waals surface area contributed by atoms with E-state index in [0.717, 1.165) is 77.0 Å². The molecule has 0 saturated heterocycles. The van der Waals surface area contributed by atoms with Crippen LogP contribution in [0.4, 0.5) is 0 Å². The Morgan fingerprint density at radius 3 is 0.365 bits per heavy atom. The zero-order chi connectivity index (χ0) is 81.6. The number of hydrogen-bond acceptors (Lipinski definition) is 24. The van der Waals surface area contributed by atoms with Crippen molar-refractivity contribution in [2.24, 2.45) is 61.4 Å². The Hall–Kier alpha value is -8.52. The molecule has 0 aromatic carbocycles.